The minimum atomic E-state index is -3.90. The van der Waals surface area contributed by atoms with Crippen LogP contribution in [0.2, 0.25) is 10.0 Å². The Morgan fingerprint density at radius 1 is 1.12 bits per heavy atom. The summed E-state index contributed by atoms with van der Waals surface area (Å²) in [6.07, 6.45) is 2.73. The predicted octanol–water partition coefficient (Wildman–Crippen LogP) is 3.86. The van der Waals surface area contributed by atoms with E-state index >= 15 is 0 Å². The van der Waals surface area contributed by atoms with Gasteiger partial charge in [-0.05, 0) is 42.7 Å². The summed E-state index contributed by atoms with van der Waals surface area (Å²) in [7, 11) is -3.90. The summed E-state index contributed by atoms with van der Waals surface area (Å²) in [6.45, 7) is 0.246. The van der Waals surface area contributed by atoms with E-state index < -0.39 is 10.0 Å². The maximum atomic E-state index is 13.6. The first-order chi connectivity index (χ1) is 15.8. The zero-order valence-corrected chi connectivity index (χ0v) is 19.5. The molecule has 1 unspecified atom stereocenters. The van der Waals surface area contributed by atoms with Crippen molar-refractivity contribution < 1.29 is 8.42 Å². The number of benzene rings is 2. The summed E-state index contributed by atoms with van der Waals surface area (Å²) in [6, 6.07) is 11.6. The van der Waals surface area contributed by atoms with Crippen molar-refractivity contribution in [3.8, 4) is 0 Å². The van der Waals surface area contributed by atoms with Gasteiger partial charge in [-0.2, -0.15) is 15.1 Å². The summed E-state index contributed by atoms with van der Waals surface area (Å²) in [4.78, 5) is 8.51. The number of hydrogen-bond donors (Lipinski definition) is 3. The van der Waals surface area contributed by atoms with Gasteiger partial charge < -0.3 is 11.1 Å². The molecule has 33 heavy (non-hydrogen) atoms. The molecule has 1 aliphatic rings. The molecule has 2 aromatic heterocycles. The van der Waals surface area contributed by atoms with Gasteiger partial charge in [0.1, 0.15) is 5.82 Å². The Bertz CT molecular complexity index is 1440. The van der Waals surface area contributed by atoms with Gasteiger partial charge in [0.2, 0.25) is 5.95 Å². The van der Waals surface area contributed by atoms with Crippen molar-refractivity contribution in [2.24, 2.45) is 0 Å². The molecular formula is C21H19Cl2N7O2S. The fourth-order valence-corrected chi connectivity index (χ4v) is 6.27. The number of H-pyrrole nitrogens is 1. The third kappa shape index (κ3) is 4.17. The van der Waals surface area contributed by atoms with Gasteiger partial charge in [-0.25, -0.2) is 8.42 Å². The average Bonchev–Trinajstić information content (AvgIpc) is 3.14. The van der Waals surface area contributed by atoms with Crippen molar-refractivity contribution in [2.75, 3.05) is 21.9 Å². The van der Waals surface area contributed by atoms with Crippen LogP contribution in [0.5, 0.6) is 0 Å². The van der Waals surface area contributed by atoms with E-state index in [1.54, 1.807) is 12.3 Å². The van der Waals surface area contributed by atoms with Crippen LogP contribution in [0.15, 0.2) is 53.6 Å². The van der Waals surface area contributed by atoms with Crippen molar-refractivity contribution in [1.82, 2.24) is 20.2 Å². The van der Waals surface area contributed by atoms with Crippen molar-refractivity contribution in [2.45, 2.75) is 23.8 Å². The molecule has 12 heteroatoms. The van der Waals surface area contributed by atoms with E-state index in [0.29, 0.717) is 35.4 Å². The highest BCUT2D eigenvalue weighted by molar-refractivity contribution is 7.92. The molecule has 4 aromatic rings. The summed E-state index contributed by atoms with van der Waals surface area (Å²) in [5.41, 5.74) is 7.88. The Morgan fingerprint density at radius 3 is 2.67 bits per heavy atom. The monoisotopic (exact) mass is 503 g/mol. The smallest absolute Gasteiger partial charge is 0.264 e. The number of nitrogens with one attached hydrogen (secondary N) is 2. The van der Waals surface area contributed by atoms with Gasteiger partial charge in [0.15, 0.2) is 5.65 Å². The Balaban J connectivity index is 1.51. The number of sulfonamides is 1. The van der Waals surface area contributed by atoms with Gasteiger partial charge in [0.25, 0.3) is 10.0 Å². The lowest BCUT2D eigenvalue weighted by Gasteiger charge is -2.25. The quantitative estimate of drug-likeness (QED) is 0.385. The van der Waals surface area contributed by atoms with Gasteiger partial charge in [0.05, 0.1) is 22.2 Å². The van der Waals surface area contributed by atoms with E-state index in [9.17, 15) is 8.42 Å². The van der Waals surface area contributed by atoms with Crippen LogP contribution in [0.3, 0.4) is 0 Å². The molecule has 9 nitrogen and oxygen atoms in total. The lowest BCUT2D eigenvalue weighted by molar-refractivity contribution is 0.587. The van der Waals surface area contributed by atoms with Crippen LogP contribution >= 0.6 is 23.2 Å². The third-order valence-electron chi connectivity index (χ3n) is 5.50. The largest absolute Gasteiger partial charge is 0.368 e. The first-order valence-corrected chi connectivity index (χ1v) is 12.3. The van der Waals surface area contributed by atoms with Crippen LogP contribution in [-0.4, -0.2) is 41.2 Å². The normalized spacial score (nSPS) is 16.4. The number of fused-ring (bicyclic) bond motifs is 2. The number of anilines is 3. The minimum Gasteiger partial charge on any atom is -0.368 e. The average molecular weight is 504 g/mol. The summed E-state index contributed by atoms with van der Waals surface area (Å²) < 4.78 is 28.6. The molecule has 0 saturated carbocycles. The number of hydrogen-bond acceptors (Lipinski definition) is 7. The predicted molar refractivity (Wildman–Crippen MR) is 129 cm³/mol. The Hall–Kier alpha value is -3.08. The van der Waals surface area contributed by atoms with Gasteiger partial charge >= 0.3 is 0 Å². The SMILES string of the molecule is Nc1nc(NC2CCN(S(=O)(=O)c3cc(Cl)cc(Cl)c3)c3ccccc3C2)c2cn[nH]c2n1. The molecule has 0 aliphatic carbocycles. The second kappa shape index (κ2) is 8.36. The number of aromatic nitrogens is 4. The molecule has 5 rings (SSSR count). The van der Waals surface area contributed by atoms with Crippen LogP contribution in [0.1, 0.15) is 12.0 Å². The molecule has 1 aliphatic heterocycles. The Kier molecular flexibility index (Phi) is 5.51. The zero-order valence-electron chi connectivity index (χ0n) is 17.2. The lowest BCUT2D eigenvalue weighted by Crippen LogP contribution is -2.33. The molecule has 2 aromatic carbocycles. The fourth-order valence-electron chi connectivity index (χ4n) is 4.02. The highest BCUT2D eigenvalue weighted by atomic mass is 35.5. The molecule has 1 atom stereocenters. The van der Waals surface area contributed by atoms with E-state index in [1.807, 2.05) is 18.2 Å². The molecule has 0 fully saturated rings. The summed E-state index contributed by atoms with van der Waals surface area (Å²) in [5, 5.41) is 11.4. The molecular weight excluding hydrogens is 485 g/mol. The van der Waals surface area contributed by atoms with Crippen LogP contribution in [0.25, 0.3) is 11.0 Å². The minimum absolute atomic E-state index is 0.0462. The third-order valence-corrected chi connectivity index (χ3v) is 7.73. The fraction of sp³-hybridized carbons (Fsp3) is 0.190. The van der Waals surface area contributed by atoms with E-state index in [4.69, 9.17) is 28.9 Å². The molecule has 4 N–H and O–H groups in total. The van der Waals surface area contributed by atoms with E-state index in [1.165, 1.54) is 22.5 Å². The van der Waals surface area contributed by atoms with Crippen LogP contribution in [-0.2, 0) is 16.4 Å². The number of nitrogens with two attached hydrogens (primary N) is 1. The number of nitrogens with zero attached hydrogens (tertiary/aromatic N) is 4. The molecule has 0 radical (unpaired) electrons. The first kappa shape index (κ1) is 21.7. The van der Waals surface area contributed by atoms with Crippen molar-refractivity contribution in [3.63, 3.8) is 0 Å². The van der Waals surface area contributed by atoms with Crippen LogP contribution < -0.4 is 15.4 Å². The van der Waals surface area contributed by atoms with Crippen molar-refractivity contribution >= 4 is 61.7 Å². The zero-order chi connectivity index (χ0) is 23.2. The topological polar surface area (TPSA) is 130 Å². The summed E-state index contributed by atoms with van der Waals surface area (Å²) >= 11 is 12.2. The standard InChI is InChI=1S/C21H19Cl2N7O2S/c22-13-8-14(23)10-16(9-13)33(31,32)30-6-5-15(7-12-3-1-2-4-18(12)30)26-19-17-11-25-29-20(17)28-21(24)27-19/h1-4,8-11,15H,5-7H2,(H4,24,25,26,27,28,29). The highest BCUT2D eigenvalue weighted by Crippen LogP contribution is 2.34. The van der Waals surface area contributed by atoms with Crippen LogP contribution in [0.4, 0.5) is 17.5 Å². The lowest BCUT2D eigenvalue weighted by atomic mass is 10.0. The molecule has 170 valence electrons. The number of rotatable bonds is 4. The summed E-state index contributed by atoms with van der Waals surface area (Å²) in [5.74, 6) is 0.664. The highest BCUT2D eigenvalue weighted by Gasteiger charge is 2.31. The van der Waals surface area contributed by atoms with E-state index in [-0.39, 0.29) is 33.5 Å². The van der Waals surface area contributed by atoms with Crippen LogP contribution in [0, 0.1) is 0 Å². The molecule has 0 bridgehead atoms. The van der Waals surface area contributed by atoms with Gasteiger partial charge in [0, 0.05) is 22.6 Å². The molecule has 0 saturated heterocycles. The maximum Gasteiger partial charge on any atom is 0.264 e. The maximum absolute atomic E-state index is 13.6. The Morgan fingerprint density at radius 2 is 1.88 bits per heavy atom. The van der Waals surface area contributed by atoms with Crippen molar-refractivity contribution in [3.05, 3.63) is 64.3 Å². The number of para-hydroxylation sites is 1. The number of halogens is 2. The molecule has 3 heterocycles. The Labute approximate surface area is 200 Å². The number of aromatic amines is 1. The van der Waals surface area contributed by atoms with Gasteiger partial charge in [-0.1, -0.05) is 41.4 Å². The first-order valence-electron chi connectivity index (χ1n) is 10.1. The van der Waals surface area contributed by atoms with Crippen molar-refractivity contribution in [1.29, 1.82) is 0 Å². The van der Waals surface area contributed by atoms with E-state index in [2.05, 4.69) is 25.5 Å². The second-order valence-corrected chi connectivity index (χ2v) is 10.4. The molecule has 0 amide bonds. The second-order valence-electron chi connectivity index (χ2n) is 7.71. The van der Waals surface area contributed by atoms with E-state index in [0.717, 1.165) is 5.56 Å². The van der Waals surface area contributed by atoms with Gasteiger partial charge in [-0.15, -0.1) is 0 Å². The molecule has 0 spiro atoms. The number of nitrogen functional groups attached to an aromatic ring is 1. The van der Waals surface area contributed by atoms with Gasteiger partial charge in [-0.3, -0.25) is 9.40 Å².